The summed E-state index contributed by atoms with van der Waals surface area (Å²) in [5.74, 6) is 0. The average Bonchev–Trinajstić information content (AvgIpc) is 2.36. The summed E-state index contributed by atoms with van der Waals surface area (Å²) in [7, 11) is 0. The van der Waals surface area contributed by atoms with Crippen LogP contribution in [-0.4, -0.2) is 10.4 Å². The number of nitro groups is 1. The second-order valence-corrected chi connectivity index (χ2v) is 4.29. The molecule has 2 aromatic carbocycles. The third kappa shape index (κ3) is 2.66. The molecule has 0 saturated carbocycles. The fraction of sp³-hybridized carbons (Fsp3) is 0.154. The van der Waals surface area contributed by atoms with Crippen LogP contribution in [-0.2, 0) is 4.74 Å². The molecule has 0 saturated heterocycles. The molecule has 19 heavy (non-hydrogen) atoms. The molecular formula is C13H10ClNO4. The first-order valence-electron chi connectivity index (χ1n) is 5.53. The fourth-order valence-electron chi connectivity index (χ4n) is 2.04. The van der Waals surface area contributed by atoms with Gasteiger partial charge in [0.25, 0.3) is 5.69 Å². The molecule has 6 heteroatoms. The molecular weight excluding hydrogens is 270 g/mol. The number of carbonyl (C=O) groups excluding carboxylic acids is 1. The first-order chi connectivity index (χ1) is 9.00. The summed E-state index contributed by atoms with van der Waals surface area (Å²) >= 11 is 5.18. The van der Waals surface area contributed by atoms with Crippen molar-refractivity contribution in [3.05, 3.63) is 52.1 Å². The predicted molar refractivity (Wildman–Crippen MR) is 71.4 cm³/mol. The molecule has 0 N–H and O–H groups in total. The highest BCUT2D eigenvalue weighted by atomic mass is 35.5. The van der Waals surface area contributed by atoms with Crippen molar-refractivity contribution in [2.45, 2.75) is 13.0 Å². The number of benzene rings is 2. The van der Waals surface area contributed by atoms with E-state index < -0.39 is 16.5 Å². The number of nitrogens with zero attached hydrogens (tertiary/aromatic N) is 1. The number of ether oxygens (including phenoxy) is 1. The standard InChI is InChI=1S/C13H10ClNO4/c1-8(19-13(14)16)10-6-2-4-9-5-3-7-11(12(9)10)15(17)18/h2-8H,1H3. The molecule has 2 rings (SSSR count). The molecule has 1 unspecified atom stereocenters. The van der Waals surface area contributed by atoms with E-state index in [9.17, 15) is 14.9 Å². The second-order valence-electron chi connectivity index (χ2n) is 3.98. The lowest BCUT2D eigenvalue weighted by molar-refractivity contribution is -0.383. The van der Waals surface area contributed by atoms with Crippen LogP contribution >= 0.6 is 11.6 Å². The molecule has 0 fully saturated rings. The van der Waals surface area contributed by atoms with Crippen molar-refractivity contribution < 1.29 is 14.5 Å². The van der Waals surface area contributed by atoms with Gasteiger partial charge in [-0.05, 0) is 12.3 Å². The van der Waals surface area contributed by atoms with Crippen LogP contribution in [0.1, 0.15) is 18.6 Å². The van der Waals surface area contributed by atoms with Crippen molar-refractivity contribution in [2.24, 2.45) is 0 Å². The van der Waals surface area contributed by atoms with Gasteiger partial charge >= 0.3 is 5.43 Å². The molecule has 0 amide bonds. The lowest BCUT2D eigenvalue weighted by atomic mass is 9.99. The van der Waals surface area contributed by atoms with Gasteiger partial charge in [-0.1, -0.05) is 30.3 Å². The molecule has 0 heterocycles. The van der Waals surface area contributed by atoms with Crippen LogP contribution in [0.2, 0.25) is 0 Å². The highest BCUT2D eigenvalue weighted by molar-refractivity contribution is 6.61. The van der Waals surface area contributed by atoms with Gasteiger partial charge in [0.15, 0.2) is 0 Å². The smallest absolute Gasteiger partial charge is 0.404 e. The Morgan fingerprint density at radius 2 is 1.95 bits per heavy atom. The summed E-state index contributed by atoms with van der Waals surface area (Å²) in [6, 6.07) is 9.99. The number of hydrogen-bond donors (Lipinski definition) is 0. The number of nitro benzene ring substituents is 1. The minimum Gasteiger partial charge on any atom is -0.446 e. The largest absolute Gasteiger partial charge is 0.446 e. The van der Waals surface area contributed by atoms with Gasteiger partial charge in [0.05, 0.1) is 10.3 Å². The Kier molecular flexibility index (Phi) is 3.66. The van der Waals surface area contributed by atoms with Crippen LogP contribution in [0.4, 0.5) is 10.5 Å². The third-order valence-electron chi connectivity index (χ3n) is 2.82. The van der Waals surface area contributed by atoms with E-state index in [1.165, 1.54) is 6.07 Å². The van der Waals surface area contributed by atoms with Crippen molar-refractivity contribution in [1.82, 2.24) is 0 Å². The number of carbonyl (C=O) groups is 1. The Balaban J connectivity index is 2.67. The summed E-state index contributed by atoms with van der Waals surface area (Å²) in [4.78, 5) is 21.4. The number of rotatable bonds is 3. The van der Waals surface area contributed by atoms with Gasteiger partial charge in [-0.15, -0.1) is 0 Å². The molecule has 0 radical (unpaired) electrons. The van der Waals surface area contributed by atoms with Gasteiger partial charge in [0.1, 0.15) is 6.10 Å². The average molecular weight is 280 g/mol. The van der Waals surface area contributed by atoms with Gasteiger partial charge in [-0.25, -0.2) is 4.79 Å². The molecule has 98 valence electrons. The van der Waals surface area contributed by atoms with Crippen molar-refractivity contribution in [1.29, 1.82) is 0 Å². The lowest BCUT2D eigenvalue weighted by Gasteiger charge is -2.13. The Labute approximate surface area is 113 Å². The van der Waals surface area contributed by atoms with E-state index in [1.807, 2.05) is 0 Å². The maximum atomic E-state index is 11.1. The Morgan fingerprint density at radius 3 is 2.53 bits per heavy atom. The SMILES string of the molecule is CC(OC(=O)Cl)c1cccc2cccc([N+](=O)[O-])c12. The normalized spacial score (nSPS) is 12.1. The molecule has 0 bridgehead atoms. The fourth-order valence-corrected chi connectivity index (χ4v) is 2.18. The molecule has 0 aliphatic heterocycles. The van der Waals surface area contributed by atoms with Crippen LogP contribution in [0.3, 0.4) is 0 Å². The summed E-state index contributed by atoms with van der Waals surface area (Å²) in [5, 5.41) is 12.3. The zero-order valence-corrected chi connectivity index (χ0v) is 10.8. The van der Waals surface area contributed by atoms with Gasteiger partial charge in [-0.3, -0.25) is 10.1 Å². The van der Waals surface area contributed by atoms with E-state index in [0.29, 0.717) is 16.3 Å². The second kappa shape index (κ2) is 5.24. The first-order valence-corrected chi connectivity index (χ1v) is 5.90. The van der Waals surface area contributed by atoms with Gasteiger partial charge in [0, 0.05) is 23.2 Å². The number of hydrogen-bond acceptors (Lipinski definition) is 4. The van der Waals surface area contributed by atoms with E-state index in [1.54, 1.807) is 37.3 Å². The molecule has 1 atom stereocenters. The Hall–Kier alpha value is -2.14. The summed E-state index contributed by atoms with van der Waals surface area (Å²) in [6.45, 7) is 1.62. The van der Waals surface area contributed by atoms with Crippen molar-refractivity contribution in [3.8, 4) is 0 Å². The van der Waals surface area contributed by atoms with E-state index in [4.69, 9.17) is 16.3 Å². The first kappa shape index (κ1) is 13.3. The quantitative estimate of drug-likeness (QED) is 0.480. The van der Waals surface area contributed by atoms with E-state index in [2.05, 4.69) is 0 Å². The summed E-state index contributed by atoms with van der Waals surface area (Å²) in [5.41, 5.74) is -0.410. The van der Waals surface area contributed by atoms with Crippen LogP contribution in [0.15, 0.2) is 36.4 Å². The Morgan fingerprint density at radius 1 is 1.32 bits per heavy atom. The van der Waals surface area contributed by atoms with Crippen LogP contribution in [0.5, 0.6) is 0 Å². The third-order valence-corrected chi connectivity index (χ3v) is 2.91. The van der Waals surface area contributed by atoms with Crippen LogP contribution < -0.4 is 0 Å². The molecule has 5 nitrogen and oxygen atoms in total. The topological polar surface area (TPSA) is 69.4 Å². The molecule has 0 aliphatic rings. The van der Waals surface area contributed by atoms with Crippen LogP contribution in [0.25, 0.3) is 10.8 Å². The Bertz CT molecular complexity index is 651. The maximum absolute atomic E-state index is 11.1. The van der Waals surface area contributed by atoms with E-state index >= 15 is 0 Å². The molecule has 0 spiro atoms. The zero-order chi connectivity index (χ0) is 14.0. The maximum Gasteiger partial charge on any atom is 0.404 e. The molecule has 2 aromatic rings. The number of fused-ring (bicyclic) bond motifs is 1. The van der Waals surface area contributed by atoms with Gasteiger partial charge in [-0.2, -0.15) is 0 Å². The number of non-ortho nitro benzene ring substituents is 1. The van der Waals surface area contributed by atoms with Crippen molar-refractivity contribution in [2.75, 3.05) is 0 Å². The minimum absolute atomic E-state index is 0.0226. The van der Waals surface area contributed by atoms with Gasteiger partial charge in [0.2, 0.25) is 0 Å². The zero-order valence-electron chi connectivity index (χ0n) is 10.00. The lowest BCUT2D eigenvalue weighted by Crippen LogP contribution is -2.03. The van der Waals surface area contributed by atoms with Crippen molar-refractivity contribution in [3.63, 3.8) is 0 Å². The summed E-state index contributed by atoms with van der Waals surface area (Å²) in [6.07, 6.45) is -0.658. The number of halogens is 1. The minimum atomic E-state index is -0.942. The van der Waals surface area contributed by atoms with E-state index in [0.717, 1.165) is 0 Å². The molecule has 0 aromatic heterocycles. The molecule has 0 aliphatic carbocycles. The van der Waals surface area contributed by atoms with Crippen LogP contribution in [0, 0.1) is 10.1 Å². The van der Waals surface area contributed by atoms with Gasteiger partial charge < -0.3 is 4.74 Å². The monoisotopic (exact) mass is 279 g/mol. The summed E-state index contributed by atoms with van der Waals surface area (Å²) < 4.78 is 4.88. The highest BCUT2D eigenvalue weighted by Gasteiger charge is 2.19. The highest BCUT2D eigenvalue weighted by Crippen LogP contribution is 2.33. The van der Waals surface area contributed by atoms with E-state index in [-0.39, 0.29) is 5.69 Å². The predicted octanol–water partition coefficient (Wildman–Crippen LogP) is 4.18. The van der Waals surface area contributed by atoms with Crippen molar-refractivity contribution >= 4 is 33.5 Å².